The molecule has 13 aromatic rings. The maximum Gasteiger partial charge on any atom is 0.255 e. The number of nitrogens with zero attached hydrogens (tertiary/aromatic N) is 9. The normalized spacial score (nSPS) is 11.2. The van der Waals surface area contributed by atoms with E-state index >= 15 is 0 Å². The number of hydrogen-bond donors (Lipinski definition) is 2. The maximum absolute atomic E-state index is 12.8. The van der Waals surface area contributed by atoms with E-state index in [4.69, 9.17) is 19.2 Å². The fraction of sp³-hybridized carbons (Fsp3) is 0.159. The Labute approximate surface area is 506 Å². The molecule has 0 unspecified atom stereocenters. The Morgan fingerprint density at radius 3 is 1.18 bits per heavy atom. The Morgan fingerprint density at radius 1 is 0.500 bits per heavy atom. The number of ketones is 2. The van der Waals surface area contributed by atoms with E-state index in [0.717, 1.165) is 88.4 Å². The summed E-state index contributed by atoms with van der Waals surface area (Å²) in [5.41, 5.74) is 13.1. The molecule has 0 saturated heterocycles. The van der Waals surface area contributed by atoms with Crippen LogP contribution in [-0.4, -0.2) is 108 Å². The average Bonchev–Trinajstić information content (AvgIpc) is 3.46. The van der Waals surface area contributed by atoms with Crippen LogP contribution in [0.3, 0.4) is 0 Å². The number of ether oxygens (including phenoxy) is 2. The molecule has 0 aliphatic heterocycles. The molecule has 448 valence electrons. The topological polar surface area (TPSA) is 212 Å². The summed E-state index contributed by atoms with van der Waals surface area (Å²) in [6, 6.07) is 58.4. The van der Waals surface area contributed by atoms with Crippen LogP contribution in [0.1, 0.15) is 27.6 Å². The van der Waals surface area contributed by atoms with E-state index in [1.165, 1.54) is 13.0 Å². The predicted molar refractivity (Wildman–Crippen MR) is 348 cm³/mol. The Kier molecular flexibility index (Phi) is 19.2. The molecule has 0 aliphatic carbocycles. The lowest BCUT2D eigenvalue weighted by Gasteiger charge is -2.19. The van der Waals surface area contributed by atoms with Crippen LogP contribution < -0.4 is 22.6 Å². The van der Waals surface area contributed by atoms with Gasteiger partial charge in [-0.05, 0) is 130 Å². The fourth-order valence-corrected chi connectivity index (χ4v) is 10.8. The molecule has 19 nitrogen and oxygen atoms in total. The van der Waals surface area contributed by atoms with E-state index in [9.17, 15) is 24.0 Å². The molecular weight excluding hydrogens is 1110 g/mol. The lowest BCUT2D eigenvalue weighted by Crippen LogP contribution is -2.30. The van der Waals surface area contributed by atoms with Crippen LogP contribution in [0.15, 0.2) is 225 Å². The number of carbonyl (C=O) groups excluding carboxylic acids is 2. The number of methoxy groups -OCH3 is 2. The second-order valence-electron chi connectivity index (χ2n) is 20.9. The van der Waals surface area contributed by atoms with Gasteiger partial charge in [-0.15, -0.1) is 0 Å². The third-order valence-electron chi connectivity index (χ3n) is 15.0. The first-order valence-corrected chi connectivity index (χ1v) is 27.9. The molecule has 3 N–H and O–H groups in total. The molecule has 6 aromatic carbocycles. The summed E-state index contributed by atoms with van der Waals surface area (Å²) >= 11 is 0. The van der Waals surface area contributed by atoms with Gasteiger partial charge in [0.2, 0.25) is 6.41 Å². The first kappa shape index (κ1) is 62.0. The number of nitrogens with two attached hydrogens (primary N) is 1. The van der Waals surface area contributed by atoms with E-state index < -0.39 is 0 Å². The highest BCUT2D eigenvalue weighted by Gasteiger charge is 2.18. The van der Waals surface area contributed by atoms with Crippen molar-refractivity contribution in [2.24, 2.45) is 27.0 Å². The molecule has 13 rings (SSSR count). The van der Waals surface area contributed by atoms with Gasteiger partial charge in [0.05, 0.1) is 55.8 Å². The number of pyridine rings is 3. The third-order valence-corrected chi connectivity index (χ3v) is 15.0. The zero-order valence-electron chi connectivity index (χ0n) is 50.5. The van der Waals surface area contributed by atoms with Gasteiger partial charge in [0.1, 0.15) is 0 Å². The summed E-state index contributed by atoms with van der Waals surface area (Å²) in [5.74, 6) is 4.14. The number of hydrogen-bond acceptors (Lipinski definition) is 13. The Hall–Kier alpha value is -10.5. The van der Waals surface area contributed by atoms with Crippen molar-refractivity contribution in [3.05, 3.63) is 249 Å². The summed E-state index contributed by atoms with van der Waals surface area (Å²) in [5, 5.41) is 13.3. The first-order chi connectivity index (χ1) is 42.5. The molecule has 0 saturated carbocycles. The number of rotatable bonds is 11. The standard InChI is InChI=1S/C23H21N3O2.C21H15N3O2.C20H16N2O2.C5H13NO2.H3NO/c1-24(2)15-14-21(27)16-8-10-17(11-9-16)26-22(28)13-12-20-23(26)18-6-4-5-7-19(18)25(20)3;1-23-17-5-3-2-4-16(17)21-18(23)10-11-20(25)24(21)15-8-6-14(7-9-15)19-12-13-22-26-19;1-13(23)14-7-9-15(10-8-14)22-19(24)12-11-18-20(22)16-5-3-4-6-17(16)21(18)2;1-6(2)5(7-3)8-4;1-2/h4-15H,1-3H3;2-13H,1H3;3-12H,1-2H3;5H,1-4H3;2H,1H2/b15-14+;;;;. The van der Waals surface area contributed by atoms with Gasteiger partial charge in [-0.1, -0.05) is 59.8 Å². The van der Waals surface area contributed by atoms with Crippen molar-refractivity contribution in [2.75, 3.05) is 42.4 Å². The number of aryl methyl sites for hydroxylation is 3. The van der Waals surface area contributed by atoms with Crippen molar-refractivity contribution in [2.45, 2.75) is 13.3 Å². The van der Waals surface area contributed by atoms with E-state index in [-0.39, 0.29) is 34.7 Å². The van der Waals surface area contributed by atoms with Crippen LogP contribution in [0, 0.1) is 0 Å². The summed E-state index contributed by atoms with van der Waals surface area (Å²) in [7, 11) is 16.7. The van der Waals surface area contributed by atoms with E-state index in [1.807, 2.05) is 193 Å². The summed E-state index contributed by atoms with van der Waals surface area (Å²) < 4.78 is 26.4. The monoisotopic (exact) mass is 1180 g/mol. The van der Waals surface area contributed by atoms with Crippen molar-refractivity contribution in [3.63, 3.8) is 0 Å². The molecular formula is C69H68N10O9. The van der Waals surface area contributed by atoms with Crippen molar-refractivity contribution in [3.8, 4) is 28.4 Å². The summed E-state index contributed by atoms with van der Waals surface area (Å²) in [6.45, 7) is 1.53. The number of Topliss-reactive ketones (excluding diaryl/α,β-unsaturated/α-hetero) is 1. The predicted octanol–water partition coefficient (Wildman–Crippen LogP) is 11.0. The zero-order valence-corrected chi connectivity index (χ0v) is 50.5. The van der Waals surface area contributed by atoms with Crippen LogP contribution in [0.5, 0.6) is 0 Å². The molecule has 88 heavy (non-hydrogen) atoms. The van der Waals surface area contributed by atoms with Gasteiger partial charge < -0.3 is 37.8 Å². The van der Waals surface area contributed by atoms with Gasteiger partial charge >= 0.3 is 0 Å². The van der Waals surface area contributed by atoms with Crippen molar-refractivity contribution < 1.29 is 28.8 Å². The first-order valence-electron chi connectivity index (χ1n) is 27.9. The van der Waals surface area contributed by atoms with Crippen LogP contribution in [0.25, 0.3) is 94.2 Å². The van der Waals surface area contributed by atoms with Gasteiger partial charge in [0, 0.05) is 136 Å². The smallest absolute Gasteiger partial charge is 0.255 e. The number of fused-ring (bicyclic) bond motifs is 9. The van der Waals surface area contributed by atoms with E-state index in [0.29, 0.717) is 16.9 Å². The number of para-hydroxylation sites is 3. The quantitative estimate of drug-likeness (QED) is 0.0535. The van der Waals surface area contributed by atoms with E-state index in [1.54, 1.807) is 82.8 Å². The fourth-order valence-electron chi connectivity index (χ4n) is 10.8. The second-order valence-corrected chi connectivity index (χ2v) is 20.9. The molecule has 7 heterocycles. The zero-order chi connectivity index (χ0) is 62.9. The Morgan fingerprint density at radius 2 is 0.864 bits per heavy atom. The van der Waals surface area contributed by atoms with Crippen LogP contribution in [0.4, 0.5) is 0 Å². The molecule has 19 heteroatoms. The molecule has 0 bridgehead atoms. The van der Waals surface area contributed by atoms with Crippen molar-refractivity contribution >= 4 is 77.4 Å². The summed E-state index contributed by atoms with van der Waals surface area (Å²) in [6.07, 6.45) is 4.66. The molecule has 0 aliphatic rings. The van der Waals surface area contributed by atoms with Crippen LogP contribution in [-0.2, 0) is 30.6 Å². The van der Waals surface area contributed by atoms with Crippen LogP contribution >= 0.6 is 0 Å². The highest BCUT2D eigenvalue weighted by atomic mass is 16.7. The minimum Gasteiger partial charge on any atom is -0.383 e. The van der Waals surface area contributed by atoms with Crippen molar-refractivity contribution in [1.29, 1.82) is 0 Å². The lowest BCUT2D eigenvalue weighted by atomic mass is 10.1. The van der Waals surface area contributed by atoms with Gasteiger partial charge in [0.15, 0.2) is 17.3 Å². The number of benzene rings is 6. The number of carbonyl (C=O) groups is 2. The molecule has 7 aromatic heterocycles. The highest BCUT2D eigenvalue weighted by molar-refractivity contribution is 6.09. The Balaban J connectivity index is 0.000000146. The van der Waals surface area contributed by atoms with Gasteiger partial charge in [0.25, 0.3) is 16.7 Å². The second kappa shape index (κ2) is 27.2. The van der Waals surface area contributed by atoms with E-state index in [2.05, 4.69) is 36.9 Å². The van der Waals surface area contributed by atoms with Gasteiger partial charge in [-0.2, -0.15) is 0 Å². The molecule has 0 fully saturated rings. The number of aromatic nitrogens is 7. The SMILES string of the molecule is CC(=O)c1ccc(-n2c(=O)ccc3c2c2ccccc2n3C)cc1.CN(C)/C=C/C(=O)c1ccc(-n2c(=O)ccc3c2c2ccccc2n3C)cc1.COC(OC)N(C)C.Cn1c2ccccc2c2c1ccc(=O)n2-c1ccc(-c2ccno2)cc1.NO. The minimum atomic E-state index is -0.213. The average molecular weight is 1180 g/mol. The highest BCUT2D eigenvalue weighted by Crippen LogP contribution is 2.32. The third kappa shape index (κ3) is 12.4. The number of allylic oxidation sites excluding steroid dienone is 1. The Bertz CT molecular complexity index is 4830. The van der Waals surface area contributed by atoms with Gasteiger partial charge in [-0.3, -0.25) is 42.6 Å². The molecule has 0 radical (unpaired) electrons. The van der Waals surface area contributed by atoms with Crippen LogP contribution in [0.2, 0.25) is 0 Å². The molecule has 0 spiro atoms. The molecule has 0 amide bonds. The largest absolute Gasteiger partial charge is 0.383 e. The van der Waals surface area contributed by atoms with Gasteiger partial charge in [-0.25, -0.2) is 5.90 Å². The lowest BCUT2D eigenvalue weighted by molar-refractivity contribution is -0.179. The maximum atomic E-state index is 12.8. The van der Waals surface area contributed by atoms with Crippen molar-refractivity contribution in [1.82, 2.24) is 42.4 Å². The minimum absolute atomic E-state index is 0.0114. The summed E-state index contributed by atoms with van der Waals surface area (Å²) in [4.78, 5) is 65.5. The molecule has 0 atom stereocenters.